The maximum absolute atomic E-state index is 4.11. The average molecular weight is 209 g/mol. The van der Waals surface area contributed by atoms with Crippen molar-refractivity contribution >= 4 is 0 Å². The molecule has 0 saturated heterocycles. The zero-order valence-electron chi connectivity index (χ0n) is 9.69. The molecule has 1 aromatic heterocycles. The van der Waals surface area contributed by atoms with Crippen LogP contribution in [0, 0.1) is 0 Å². The van der Waals surface area contributed by atoms with Crippen LogP contribution in [0.1, 0.15) is 19.7 Å². The Bertz CT molecular complexity index is 330. The van der Waals surface area contributed by atoms with Crippen LogP contribution in [0.15, 0.2) is 6.33 Å². The fourth-order valence-corrected chi connectivity index (χ4v) is 1.89. The minimum absolute atomic E-state index is 0.155. The molecule has 0 bridgehead atoms. The minimum atomic E-state index is 0.155. The fraction of sp³-hybridized carbons (Fsp3) is 0.800. The summed E-state index contributed by atoms with van der Waals surface area (Å²) in [7, 11) is 2.01. The third-order valence-corrected chi connectivity index (χ3v) is 3.01. The highest BCUT2D eigenvalue weighted by molar-refractivity contribution is 4.92. The van der Waals surface area contributed by atoms with Crippen molar-refractivity contribution in [3.05, 3.63) is 12.2 Å². The highest BCUT2D eigenvalue weighted by Crippen LogP contribution is 2.12. The molecule has 0 aromatic carbocycles. The van der Waals surface area contributed by atoms with Crippen LogP contribution in [-0.4, -0.2) is 45.3 Å². The van der Waals surface area contributed by atoms with E-state index in [2.05, 4.69) is 38.8 Å². The Balaban J connectivity index is 1.98. The lowest BCUT2D eigenvalue weighted by Crippen LogP contribution is -2.49. The Morgan fingerprint density at radius 2 is 2.27 bits per heavy atom. The summed E-state index contributed by atoms with van der Waals surface area (Å²) in [6, 6.07) is 0. The van der Waals surface area contributed by atoms with Gasteiger partial charge in [0, 0.05) is 25.2 Å². The van der Waals surface area contributed by atoms with E-state index in [0.29, 0.717) is 0 Å². The van der Waals surface area contributed by atoms with Gasteiger partial charge in [0.15, 0.2) is 0 Å². The summed E-state index contributed by atoms with van der Waals surface area (Å²) in [6.45, 7) is 8.46. The van der Waals surface area contributed by atoms with E-state index in [4.69, 9.17) is 0 Å². The minimum Gasteiger partial charge on any atom is -0.315 e. The topological polar surface area (TPSA) is 46.0 Å². The molecule has 0 spiro atoms. The molecule has 0 fully saturated rings. The van der Waals surface area contributed by atoms with Gasteiger partial charge in [-0.15, -0.1) is 10.2 Å². The predicted molar refractivity (Wildman–Crippen MR) is 58.4 cm³/mol. The van der Waals surface area contributed by atoms with E-state index in [9.17, 15) is 0 Å². The van der Waals surface area contributed by atoms with Crippen LogP contribution < -0.4 is 5.32 Å². The predicted octanol–water partition coefficient (Wildman–Crippen LogP) is 0.0917. The normalized spacial score (nSPS) is 17.8. The molecule has 15 heavy (non-hydrogen) atoms. The third-order valence-electron chi connectivity index (χ3n) is 3.01. The van der Waals surface area contributed by atoms with E-state index < -0.39 is 0 Å². The van der Waals surface area contributed by atoms with Crippen molar-refractivity contribution in [1.29, 1.82) is 0 Å². The van der Waals surface area contributed by atoms with Crippen LogP contribution in [-0.2, 0) is 13.1 Å². The van der Waals surface area contributed by atoms with Crippen LogP contribution in [0.3, 0.4) is 0 Å². The lowest BCUT2D eigenvalue weighted by atomic mass is 10.1. The number of nitrogens with zero attached hydrogens (tertiary/aromatic N) is 4. The zero-order chi connectivity index (χ0) is 10.9. The van der Waals surface area contributed by atoms with Gasteiger partial charge >= 0.3 is 0 Å². The Morgan fingerprint density at radius 1 is 1.47 bits per heavy atom. The second-order valence-electron chi connectivity index (χ2n) is 4.79. The van der Waals surface area contributed by atoms with E-state index in [1.165, 1.54) is 0 Å². The van der Waals surface area contributed by atoms with Gasteiger partial charge in [-0.05, 0) is 20.9 Å². The van der Waals surface area contributed by atoms with E-state index in [1.54, 1.807) is 0 Å². The Kier molecular flexibility index (Phi) is 2.75. The average Bonchev–Trinajstić information content (AvgIpc) is 2.64. The van der Waals surface area contributed by atoms with E-state index in [1.807, 2.05) is 13.4 Å². The van der Waals surface area contributed by atoms with Gasteiger partial charge in [0.2, 0.25) is 0 Å². The van der Waals surface area contributed by atoms with Crippen LogP contribution in [0.5, 0.6) is 0 Å². The van der Waals surface area contributed by atoms with E-state index in [0.717, 1.165) is 32.0 Å². The summed E-state index contributed by atoms with van der Waals surface area (Å²) in [5.41, 5.74) is 0.155. The second kappa shape index (κ2) is 3.90. The number of aromatic nitrogens is 3. The number of rotatable bonds is 3. The zero-order valence-corrected chi connectivity index (χ0v) is 9.69. The van der Waals surface area contributed by atoms with E-state index >= 15 is 0 Å². The summed E-state index contributed by atoms with van der Waals surface area (Å²) in [5.74, 6) is 1.08. The lowest BCUT2D eigenvalue weighted by Gasteiger charge is -2.34. The molecular formula is C10H19N5. The molecule has 0 aliphatic carbocycles. The molecule has 5 heteroatoms. The monoisotopic (exact) mass is 209 g/mol. The molecule has 0 amide bonds. The summed E-state index contributed by atoms with van der Waals surface area (Å²) in [6.07, 6.45) is 1.82. The molecule has 1 aliphatic rings. The van der Waals surface area contributed by atoms with Gasteiger partial charge in [-0.25, -0.2) is 0 Å². The van der Waals surface area contributed by atoms with Crippen LogP contribution in [0.2, 0.25) is 0 Å². The first-order chi connectivity index (χ1) is 7.11. The summed E-state index contributed by atoms with van der Waals surface area (Å²) in [4.78, 5) is 2.42. The SMILES string of the molecule is CNC(C)(C)CN1CCn2cnnc2C1. The highest BCUT2D eigenvalue weighted by Gasteiger charge is 2.23. The number of nitrogens with one attached hydrogen (secondary N) is 1. The van der Waals surface area contributed by atoms with Gasteiger partial charge in [0.05, 0.1) is 6.54 Å². The third kappa shape index (κ3) is 2.35. The fourth-order valence-electron chi connectivity index (χ4n) is 1.89. The van der Waals surface area contributed by atoms with Gasteiger partial charge in [0.1, 0.15) is 12.2 Å². The largest absolute Gasteiger partial charge is 0.315 e. The van der Waals surface area contributed by atoms with Gasteiger partial charge in [-0.1, -0.05) is 0 Å². The maximum Gasteiger partial charge on any atom is 0.147 e. The molecule has 1 N–H and O–H groups in total. The van der Waals surface area contributed by atoms with E-state index in [-0.39, 0.29) is 5.54 Å². The number of hydrogen-bond acceptors (Lipinski definition) is 4. The Morgan fingerprint density at radius 3 is 3.00 bits per heavy atom. The van der Waals surface area contributed by atoms with Crippen molar-refractivity contribution in [3.8, 4) is 0 Å². The molecule has 1 aromatic rings. The van der Waals surface area contributed by atoms with Crippen LogP contribution in [0.4, 0.5) is 0 Å². The van der Waals surface area contributed by atoms with Crippen molar-refractivity contribution in [2.75, 3.05) is 20.1 Å². The quantitative estimate of drug-likeness (QED) is 0.766. The molecule has 1 aliphatic heterocycles. The number of fused-ring (bicyclic) bond motifs is 1. The molecule has 5 nitrogen and oxygen atoms in total. The highest BCUT2D eigenvalue weighted by atomic mass is 15.3. The first kappa shape index (κ1) is 10.6. The van der Waals surface area contributed by atoms with Gasteiger partial charge in [-0.2, -0.15) is 0 Å². The molecule has 84 valence electrons. The van der Waals surface area contributed by atoms with Gasteiger partial charge < -0.3 is 9.88 Å². The van der Waals surface area contributed by atoms with Crippen LogP contribution >= 0.6 is 0 Å². The van der Waals surface area contributed by atoms with Crippen molar-refractivity contribution in [2.45, 2.75) is 32.5 Å². The van der Waals surface area contributed by atoms with Crippen molar-refractivity contribution < 1.29 is 0 Å². The first-order valence-corrected chi connectivity index (χ1v) is 5.39. The van der Waals surface area contributed by atoms with Crippen molar-refractivity contribution in [3.63, 3.8) is 0 Å². The maximum atomic E-state index is 4.11. The lowest BCUT2D eigenvalue weighted by molar-refractivity contribution is 0.168. The van der Waals surface area contributed by atoms with Crippen molar-refractivity contribution in [2.24, 2.45) is 0 Å². The Hall–Kier alpha value is -0.940. The number of hydrogen-bond donors (Lipinski definition) is 1. The second-order valence-corrected chi connectivity index (χ2v) is 4.79. The standard InChI is InChI=1S/C10H19N5/c1-10(2,11-3)7-14-4-5-15-8-12-13-9(15)6-14/h8,11H,4-7H2,1-3H3. The van der Waals surface area contributed by atoms with Crippen molar-refractivity contribution in [1.82, 2.24) is 25.0 Å². The van der Waals surface area contributed by atoms with Gasteiger partial charge in [-0.3, -0.25) is 4.90 Å². The molecule has 0 radical (unpaired) electrons. The molecule has 0 atom stereocenters. The Labute approximate surface area is 90.5 Å². The molecule has 2 heterocycles. The first-order valence-electron chi connectivity index (χ1n) is 5.39. The smallest absolute Gasteiger partial charge is 0.147 e. The molecular weight excluding hydrogens is 190 g/mol. The molecule has 2 rings (SSSR count). The number of likely N-dealkylation sites (N-methyl/N-ethyl adjacent to an activating group) is 1. The van der Waals surface area contributed by atoms with Gasteiger partial charge in [0.25, 0.3) is 0 Å². The molecule has 0 unspecified atom stereocenters. The van der Waals surface area contributed by atoms with Crippen LogP contribution in [0.25, 0.3) is 0 Å². The molecule has 0 saturated carbocycles. The summed E-state index contributed by atoms with van der Waals surface area (Å²) < 4.78 is 2.13. The summed E-state index contributed by atoms with van der Waals surface area (Å²) >= 11 is 0. The summed E-state index contributed by atoms with van der Waals surface area (Å²) in [5, 5.41) is 11.4.